The molecule has 7 heteroatoms. The highest BCUT2D eigenvalue weighted by Crippen LogP contribution is 2.25. The first-order valence-electron chi connectivity index (χ1n) is 7.21. The van der Waals surface area contributed by atoms with Crippen LogP contribution in [-0.2, 0) is 0 Å². The first-order chi connectivity index (χ1) is 11.0. The minimum atomic E-state index is -0.251. The van der Waals surface area contributed by atoms with E-state index in [2.05, 4.69) is 20.4 Å². The fraction of sp³-hybridized carbons (Fsp3) is 0.250. The lowest BCUT2D eigenvalue weighted by Crippen LogP contribution is -2.13. The Hall–Kier alpha value is -2.54. The van der Waals surface area contributed by atoms with Crippen LogP contribution >= 0.6 is 11.3 Å². The van der Waals surface area contributed by atoms with Gasteiger partial charge in [-0.3, -0.25) is 10.1 Å². The van der Waals surface area contributed by atoms with Crippen molar-refractivity contribution in [2.75, 3.05) is 5.32 Å². The van der Waals surface area contributed by atoms with Gasteiger partial charge in [-0.15, -0.1) is 11.3 Å². The standard InChI is InChI=1S/C16H16N4O2S/c1-9(2)13-18-15(22-20-13)12-7-5-4-6-11(12)14(21)19-16-17-10(3)8-23-16/h4-9H,1-3H3,(H,17,19,21). The number of hydrogen-bond donors (Lipinski definition) is 1. The van der Waals surface area contributed by atoms with E-state index in [-0.39, 0.29) is 11.8 Å². The summed E-state index contributed by atoms with van der Waals surface area (Å²) in [5.41, 5.74) is 1.95. The van der Waals surface area contributed by atoms with Crippen LogP contribution in [0.5, 0.6) is 0 Å². The molecule has 3 aromatic rings. The monoisotopic (exact) mass is 328 g/mol. The molecular weight excluding hydrogens is 312 g/mol. The molecule has 2 aromatic heterocycles. The Labute approximate surface area is 137 Å². The van der Waals surface area contributed by atoms with Crippen molar-refractivity contribution in [1.82, 2.24) is 15.1 Å². The van der Waals surface area contributed by atoms with E-state index in [0.717, 1.165) is 5.69 Å². The van der Waals surface area contributed by atoms with Crippen molar-refractivity contribution >= 4 is 22.4 Å². The van der Waals surface area contributed by atoms with Crippen LogP contribution in [0.25, 0.3) is 11.5 Å². The van der Waals surface area contributed by atoms with Crippen LogP contribution in [0.1, 0.15) is 41.6 Å². The van der Waals surface area contributed by atoms with Crippen molar-refractivity contribution in [2.24, 2.45) is 0 Å². The average Bonchev–Trinajstić information content (AvgIpc) is 3.16. The van der Waals surface area contributed by atoms with Crippen molar-refractivity contribution in [3.63, 3.8) is 0 Å². The van der Waals surface area contributed by atoms with Crippen molar-refractivity contribution in [1.29, 1.82) is 0 Å². The molecule has 1 aromatic carbocycles. The molecule has 118 valence electrons. The van der Waals surface area contributed by atoms with Crippen LogP contribution in [0, 0.1) is 6.92 Å². The van der Waals surface area contributed by atoms with E-state index in [4.69, 9.17) is 4.52 Å². The molecule has 0 aliphatic rings. The third kappa shape index (κ3) is 3.29. The SMILES string of the molecule is Cc1csc(NC(=O)c2ccccc2-c2nc(C(C)C)no2)n1. The highest BCUT2D eigenvalue weighted by molar-refractivity contribution is 7.13. The molecule has 6 nitrogen and oxygen atoms in total. The van der Waals surface area contributed by atoms with E-state index in [1.807, 2.05) is 32.2 Å². The predicted octanol–water partition coefficient (Wildman–Crippen LogP) is 3.88. The summed E-state index contributed by atoms with van der Waals surface area (Å²) in [7, 11) is 0. The summed E-state index contributed by atoms with van der Waals surface area (Å²) in [6.07, 6.45) is 0. The average molecular weight is 328 g/mol. The molecule has 0 saturated heterocycles. The minimum absolute atomic E-state index is 0.159. The van der Waals surface area contributed by atoms with Crippen molar-refractivity contribution in [3.05, 3.63) is 46.7 Å². The summed E-state index contributed by atoms with van der Waals surface area (Å²) in [5, 5.41) is 9.20. The van der Waals surface area contributed by atoms with Crippen LogP contribution in [-0.4, -0.2) is 21.0 Å². The fourth-order valence-corrected chi connectivity index (χ4v) is 2.71. The summed E-state index contributed by atoms with van der Waals surface area (Å²) < 4.78 is 5.30. The van der Waals surface area contributed by atoms with Crippen LogP contribution in [0.4, 0.5) is 5.13 Å². The predicted molar refractivity (Wildman–Crippen MR) is 88.6 cm³/mol. The molecule has 0 aliphatic heterocycles. The summed E-state index contributed by atoms with van der Waals surface area (Å²) in [5.74, 6) is 0.867. The van der Waals surface area contributed by atoms with Crippen LogP contribution in [0.2, 0.25) is 0 Å². The molecule has 2 heterocycles. The normalized spacial score (nSPS) is 11.0. The second kappa shape index (κ2) is 6.29. The molecule has 0 radical (unpaired) electrons. The van der Waals surface area contributed by atoms with Crippen LogP contribution in [0.3, 0.4) is 0 Å². The maximum absolute atomic E-state index is 12.5. The second-order valence-corrected chi connectivity index (χ2v) is 6.26. The molecule has 23 heavy (non-hydrogen) atoms. The minimum Gasteiger partial charge on any atom is -0.334 e. The third-order valence-electron chi connectivity index (χ3n) is 3.20. The molecule has 0 bridgehead atoms. The van der Waals surface area contributed by atoms with E-state index in [0.29, 0.717) is 28.0 Å². The number of thiazole rings is 1. The fourth-order valence-electron chi connectivity index (χ4n) is 2.02. The Morgan fingerprint density at radius 1 is 1.26 bits per heavy atom. The largest absolute Gasteiger partial charge is 0.334 e. The van der Waals surface area contributed by atoms with Crippen molar-refractivity contribution in [2.45, 2.75) is 26.7 Å². The number of nitrogens with zero attached hydrogens (tertiary/aromatic N) is 3. The highest BCUT2D eigenvalue weighted by atomic mass is 32.1. The van der Waals surface area contributed by atoms with Gasteiger partial charge in [0.1, 0.15) is 0 Å². The molecule has 0 atom stereocenters. The summed E-state index contributed by atoms with van der Waals surface area (Å²) in [6.45, 7) is 5.85. The van der Waals surface area contributed by atoms with Gasteiger partial charge in [0, 0.05) is 11.3 Å². The van der Waals surface area contributed by atoms with E-state index < -0.39 is 0 Å². The van der Waals surface area contributed by atoms with E-state index in [9.17, 15) is 4.79 Å². The van der Waals surface area contributed by atoms with Gasteiger partial charge in [-0.05, 0) is 19.1 Å². The lowest BCUT2D eigenvalue weighted by atomic mass is 10.1. The highest BCUT2D eigenvalue weighted by Gasteiger charge is 2.19. The number of benzene rings is 1. The molecule has 1 amide bonds. The maximum Gasteiger partial charge on any atom is 0.258 e. The van der Waals surface area contributed by atoms with Gasteiger partial charge in [0.25, 0.3) is 11.8 Å². The Morgan fingerprint density at radius 2 is 2.04 bits per heavy atom. The summed E-state index contributed by atoms with van der Waals surface area (Å²) in [6, 6.07) is 7.15. The number of hydrogen-bond acceptors (Lipinski definition) is 6. The Balaban J connectivity index is 1.92. The van der Waals surface area contributed by atoms with E-state index in [1.54, 1.807) is 18.2 Å². The lowest BCUT2D eigenvalue weighted by Gasteiger charge is -2.05. The number of aromatic nitrogens is 3. The second-order valence-electron chi connectivity index (χ2n) is 5.41. The van der Waals surface area contributed by atoms with Crippen LogP contribution in [0.15, 0.2) is 34.2 Å². The molecule has 0 fully saturated rings. The van der Waals surface area contributed by atoms with Crippen molar-refractivity contribution in [3.8, 4) is 11.5 Å². The number of rotatable bonds is 4. The van der Waals surface area contributed by atoms with Gasteiger partial charge >= 0.3 is 0 Å². The summed E-state index contributed by atoms with van der Waals surface area (Å²) in [4.78, 5) is 21.1. The van der Waals surface area contributed by atoms with Gasteiger partial charge in [-0.25, -0.2) is 4.98 Å². The van der Waals surface area contributed by atoms with Gasteiger partial charge in [-0.2, -0.15) is 4.98 Å². The first kappa shape index (κ1) is 15.4. The molecule has 0 unspecified atom stereocenters. The first-order valence-corrected chi connectivity index (χ1v) is 8.09. The number of carbonyl (C=O) groups excluding carboxylic acids is 1. The van der Waals surface area contributed by atoms with Gasteiger partial charge in [-0.1, -0.05) is 31.1 Å². The zero-order chi connectivity index (χ0) is 16.4. The molecule has 0 saturated carbocycles. The van der Waals surface area contributed by atoms with Gasteiger partial charge in [0.2, 0.25) is 0 Å². The molecule has 0 spiro atoms. The smallest absolute Gasteiger partial charge is 0.258 e. The maximum atomic E-state index is 12.5. The van der Waals surface area contributed by atoms with Crippen molar-refractivity contribution < 1.29 is 9.32 Å². The zero-order valence-corrected chi connectivity index (χ0v) is 13.8. The Kier molecular flexibility index (Phi) is 4.20. The summed E-state index contributed by atoms with van der Waals surface area (Å²) >= 11 is 1.39. The quantitative estimate of drug-likeness (QED) is 0.786. The lowest BCUT2D eigenvalue weighted by molar-refractivity contribution is 0.102. The molecule has 1 N–H and O–H groups in total. The Morgan fingerprint density at radius 3 is 2.70 bits per heavy atom. The zero-order valence-electron chi connectivity index (χ0n) is 13.0. The number of aryl methyl sites for hydroxylation is 1. The van der Waals surface area contributed by atoms with Crippen LogP contribution < -0.4 is 5.32 Å². The van der Waals surface area contributed by atoms with Gasteiger partial charge in [0.15, 0.2) is 11.0 Å². The van der Waals surface area contributed by atoms with E-state index in [1.165, 1.54) is 11.3 Å². The third-order valence-corrected chi connectivity index (χ3v) is 4.08. The number of carbonyl (C=O) groups is 1. The Bertz CT molecular complexity index is 838. The topological polar surface area (TPSA) is 80.9 Å². The molecule has 3 rings (SSSR count). The number of amides is 1. The van der Waals surface area contributed by atoms with E-state index >= 15 is 0 Å². The molecule has 0 aliphatic carbocycles. The number of nitrogens with one attached hydrogen (secondary N) is 1. The van der Waals surface area contributed by atoms with Gasteiger partial charge in [0.05, 0.1) is 16.8 Å². The molecular formula is C16H16N4O2S. The number of anilines is 1. The van der Waals surface area contributed by atoms with Gasteiger partial charge < -0.3 is 4.52 Å².